The Labute approximate surface area is 228 Å². The standard InChI is InChI=1S/C33H33FN2O3/c1-21-32-29(13-12-27-11-10-24(19-35-27)23-8-5-9-26(34)17-23)28-14-15-36(20-25(28)18-30(32)33(38)39-21)31(37)16-22-6-3-2-4-7-22/h2-13,17,19,21,25,28-30,32H,14-16,18,20H2,1H3/b13-12+/t21-,25?,28?,29?,30?,32?/m1/s1. The number of amides is 1. The molecule has 1 saturated carbocycles. The topological polar surface area (TPSA) is 59.5 Å². The van der Waals surface area contributed by atoms with Crippen molar-refractivity contribution in [2.45, 2.75) is 32.3 Å². The predicted molar refractivity (Wildman–Crippen MR) is 148 cm³/mol. The number of hydrogen-bond acceptors (Lipinski definition) is 4. The summed E-state index contributed by atoms with van der Waals surface area (Å²) in [6.45, 7) is 3.43. The Morgan fingerprint density at radius 3 is 2.72 bits per heavy atom. The van der Waals surface area contributed by atoms with Crippen LogP contribution in [0.5, 0.6) is 0 Å². The first-order valence-electron chi connectivity index (χ1n) is 13.9. The van der Waals surface area contributed by atoms with Crippen LogP contribution in [0.1, 0.15) is 31.0 Å². The Hall–Kier alpha value is -3.80. The number of benzene rings is 2. The van der Waals surface area contributed by atoms with Crippen LogP contribution in [0.2, 0.25) is 0 Å². The first-order chi connectivity index (χ1) is 19.0. The number of halogens is 1. The summed E-state index contributed by atoms with van der Waals surface area (Å²) in [7, 11) is 0. The predicted octanol–water partition coefficient (Wildman–Crippen LogP) is 5.81. The maximum Gasteiger partial charge on any atom is 0.309 e. The van der Waals surface area contributed by atoms with Gasteiger partial charge in [-0.3, -0.25) is 14.6 Å². The third-order valence-corrected chi connectivity index (χ3v) is 8.88. The highest BCUT2D eigenvalue weighted by molar-refractivity contribution is 5.79. The third-order valence-electron chi connectivity index (χ3n) is 8.88. The molecule has 200 valence electrons. The zero-order valence-corrected chi connectivity index (χ0v) is 22.1. The number of carbonyl (C=O) groups is 2. The van der Waals surface area contributed by atoms with Crippen molar-refractivity contribution in [3.8, 4) is 11.1 Å². The lowest BCUT2D eigenvalue weighted by atomic mass is 9.59. The summed E-state index contributed by atoms with van der Waals surface area (Å²) >= 11 is 0. The van der Waals surface area contributed by atoms with Gasteiger partial charge < -0.3 is 9.64 Å². The first kappa shape index (κ1) is 25.5. The molecule has 3 heterocycles. The van der Waals surface area contributed by atoms with Crippen LogP contribution in [0.25, 0.3) is 17.2 Å². The summed E-state index contributed by atoms with van der Waals surface area (Å²) in [6, 6.07) is 20.3. The SMILES string of the molecule is C[C@H]1OC(=O)C2CC3CN(C(=O)Cc4ccccc4)CCC3C(/C=C/c3ccc(-c4cccc(F)c4)cn3)C21. The molecule has 6 heteroatoms. The highest BCUT2D eigenvalue weighted by Crippen LogP contribution is 2.51. The van der Waals surface area contributed by atoms with Gasteiger partial charge in [0.25, 0.3) is 0 Å². The summed E-state index contributed by atoms with van der Waals surface area (Å²) in [5.41, 5.74) is 3.50. The molecule has 39 heavy (non-hydrogen) atoms. The Morgan fingerprint density at radius 2 is 1.95 bits per heavy atom. The minimum absolute atomic E-state index is 0.102. The van der Waals surface area contributed by atoms with E-state index in [-0.39, 0.29) is 47.5 Å². The lowest BCUT2D eigenvalue weighted by molar-refractivity contribution is -0.144. The maximum absolute atomic E-state index is 13.6. The Morgan fingerprint density at radius 1 is 1.10 bits per heavy atom. The molecule has 1 aromatic heterocycles. The van der Waals surface area contributed by atoms with Gasteiger partial charge in [-0.05, 0) is 72.9 Å². The largest absolute Gasteiger partial charge is 0.462 e. The minimum atomic E-state index is -0.270. The zero-order chi connectivity index (χ0) is 26.9. The van der Waals surface area contributed by atoms with E-state index in [1.54, 1.807) is 12.3 Å². The second kappa shape index (κ2) is 10.8. The van der Waals surface area contributed by atoms with Crippen molar-refractivity contribution in [3.63, 3.8) is 0 Å². The summed E-state index contributed by atoms with van der Waals surface area (Å²) < 4.78 is 19.4. The molecule has 6 rings (SSSR count). The van der Waals surface area contributed by atoms with E-state index in [1.165, 1.54) is 12.1 Å². The third kappa shape index (κ3) is 5.25. The average Bonchev–Trinajstić information content (AvgIpc) is 3.24. The van der Waals surface area contributed by atoms with Crippen molar-refractivity contribution < 1.29 is 18.7 Å². The van der Waals surface area contributed by atoms with Gasteiger partial charge in [-0.25, -0.2) is 4.39 Å². The van der Waals surface area contributed by atoms with E-state index in [0.717, 1.165) is 41.8 Å². The van der Waals surface area contributed by atoms with Gasteiger partial charge in [0.15, 0.2) is 0 Å². The molecule has 6 atom stereocenters. The maximum atomic E-state index is 13.6. The van der Waals surface area contributed by atoms with E-state index >= 15 is 0 Å². The van der Waals surface area contributed by atoms with Crippen molar-refractivity contribution >= 4 is 18.0 Å². The van der Waals surface area contributed by atoms with E-state index in [9.17, 15) is 14.0 Å². The lowest BCUT2D eigenvalue weighted by Crippen LogP contribution is -2.51. The monoisotopic (exact) mass is 524 g/mol. The number of aromatic nitrogens is 1. The van der Waals surface area contributed by atoms with Crippen molar-refractivity contribution in [1.29, 1.82) is 0 Å². The number of pyridine rings is 1. The fraction of sp³-hybridized carbons (Fsp3) is 0.364. The number of cyclic esters (lactones) is 1. The fourth-order valence-corrected chi connectivity index (χ4v) is 7.02. The van der Waals surface area contributed by atoms with Crippen LogP contribution >= 0.6 is 0 Å². The average molecular weight is 525 g/mol. The van der Waals surface area contributed by atoms with Crippen molar-refractivity contribution in [2.75, 3.05) is 13.1 Å². The number of piperidine rings is 1. The van der Waals surface area contributed by atoms with E-state index in [2.05, 4.69) is 11.1 Å². The Kier molecular flexibility index (Phi) is 7.03. The summed E-state index contributed by atoms with van der Waals surface area (Å²) in [4.78, 5) is 32.5. The van der Waals surface area contributed by atoms with Gasteiger partial charge in [0, 0.05) is 30.8 Å². The van der Waals surface area contributed by atoms with Crippen molar-refractivity contribution in [2.24, 2.45) is 29.6 Å². The van der Waals surface area contributed by atoms with Gasteiger partial charge in [0.1, 0.15) is 11.9 Å². The molecule has 0 bridgehead atoms. The summed E-state index contributed by atoms with van der Waals surface area (Å²) in [6.07, 6.45) is 8.00. The van der Waals surface area contributed by atoms with Gasteiger partial charge in [-0.1, -0.05) is 54.6 Å². The highest BCUT2D eigenvalue weighted by Gasteiger charge is 2.54. The van der Waals surface area contributed by atoms with Crippen LogP contribution in [0.4, 0.5) is 4.39 Å². The van der Waals surface area contributed by atoms with Crippen LogP contribution < -0.4 is 0 Å². The molecular weight excluding hydrogens is 491 g/mol. The number of hydrogen-bond donors (Lipinski definition) is 0. The molecule has 5 nitrogen and oxygen atoms in total. The van der Waals surface area contributed by atoms with Crippen LogP contribution in [-0.2, 0) is 20.7 Å². The summed E-state index contributed by atoms with van der Waals surface area (Å²) in [5.74, 6) is 0.590. The van der Waals surface area contributed by atoms with Crippen LogP contribution in [0.15, 0.2) is 79.0 Å². The van der Waals surface area contributed by atoms with Gasteiger partial charge in [-0.2, -0.15) is 0 Å². The van der Waals surface area contributed by atoms with Crippen LogP contribution in [0.3, 0.4) is 0 Å². The quantitative estimate of drug-likeness (QED) is 0.396. The van der Waals surface area contributed by atoms with E-state index < -0.39 is 0 Å². The lowest BCUT2D eigenvalue weighted by Gasteiger charge is -2.48. The number of esters is 1. The molecule has 2 aliphatic heterocycles. The number of carbonyl (C=O) groups excluding carboxylic acids is 2. The molecule has 3 aromatic rings. The second-order valence-electron chi connectivity index (χ2n) is 11.2. The Balaban J connectivity index is 1.20. The van der Waals surface area contributed by atoms with Crippen molar-refractivity contribution in [1.82, 2.24) is 9.88 Å². The van der Waals surface area contributed by atoms with Gasteiger partial charge in [0.05, 0.1) is 18.0 Å². The molecule has 3 fully saturated rings. The molecule has 0 radical (unpaired) electrons. The van der Waals surface area contributed by atoms with Gasteiger partial charge in [-0.15, -0.1) is 0 Å². The van der Waals surface area contributed by atoms with Gasteiger partial charge >= 0.3 is 5.97 Å². The number of fused-ring (bicyclic) bond motifs is 2. The molecule has 0 spiro atoms. The van der Waals surface area contributed by atoms with E-state index in [1.807, 2.05) is 66.4 Å². The normalized spacial score (nSPS) is 28.2. The number of nitrogens with zero attached hydrogens (tertiary/aromatic N) is 2. The molecule has 1 aliphatic carbocycles. The molecule has 1 amide bonds. The molecule has 2 saturated heterocycles. The molecule has 2 aromatic carbocycles. The van der Waals surface area contributed by atoms with Crippen molar-refractivity contribution in [3.05, 3.63) is 96.1 Å². The van der Waals surface area contributed by atoms with Crippen LogP contribution in [0, 0.1) is 35.4 Å². The van der Waals surface area contributed by atoms with E-state index in [4.69, 9.17) is 4.74 Å². The highest BCUT2D eigenvalue weighted by atomic mass is 19.1. The molecule has 0 N–H and O–H groups in total. The molecular formula is C33H33FN2O3. The summed E-state index contributed by atoms with van der Waals surface area (Å²) in [5, 5.41) is 0. The number of allylic oxidation sites excluding steroid dienone is 1. The van der Waals surface area contributed by atoms with Crippen LogP contribution in [-0.4, -0.2) is 41.0 Å². The number of likely N-dealkylation sites (tertiary alicyclic amines) is 1. The molecule has 3 aliphatic rings. The van der Waals surface area contributed by atoms with E-state index in [0.29, 0.717) is 18.9 Å². The molecule has 5 unspecified atom stereocenters. The number of ether oxygens (including phenoxy) is 1. The minimum Gasteiger partial charge on any atom is -0.462 e. The smallest absolute Gasteiger partial charge is 0.309 e. The first-order valence-corrected chi connectivity index (χ1v) is 13.9. The number of rotatable bonds is 5. The zero-order valence-electron chi connectivity index (χ0n) is 22.1. The Bertz CT molecular complexity index is 1370. The van der Waals surface area contributed by atoms with Gasteiger partial charge in [0.2, 0.25) is 5.91 Å². The fourth-order valence-electron chi connectivity index (χ4n) is 7.02. The second-order valence-corrected chi connectivity index (χ2v) is 11.2.